The van der Waals surface area contributed by atoms with Gasteiger partial charge in [0.15, 0.2) is 0 Å². The maximum Gasteiger partial charge on any atom is 0.217 e. The highest BCUT2D eigenvalue weighted by molar-refractivity contribution is 5.74. The van der Waals surface area contributed by atoms with Gasteiger partial charge in [0, 0.05) is 12.5 Å². The van der Waals surface area contributed by atoms with Gasteiger partial charge >= 0.3 is 0 Å². The third kappa shape index (κ3) is 4.63. The zero-order valence-corrected chi connectivity index (χ0v) is 9.12. The van der Waals surface area contributed by atoms with Crippen LogP contribution in [0.3, 0.4) is 0 Å². The summed E-state index contributed by atoms with van der Waals surface area (Å²) >= 11 is 0. The summed E-state index contributed by atoms with van der Waals surface area (Å²) < 4.78 is 0. The summed E-state index contributed by atoms with van der Waals surface area (Å²) in [6.45, 7) is 9.24. The van der Waals surface area contributed by atoms with Crippen LogP contribution >= 0.6 is 0 Å². The molecule has 0 aliphatic carbocycles. The van der Waals surface area contributed by atoms with Crippen LogP contribution in [0.2, 0.25) is 0 Å². The summed E-state index contributed by atoms with van der Waals surface area (Å²) in [5.41, 5.74) is 0.612. The molecule has 0 unspecified atom stereocenters. The third-order valence-electron chi connectivity index (χ3n) is 2.18. The van der Waals surface area contributed by atoms with Crippen molar-refractivity contribution in [3.05, 3.63) is 49.7 Å². The first-order valence-corrected chi connectivity index (χ1v) is 5.03. The van der Waals surface area contributed by atoms with E-state index >= 15 is 0 Å². The van der Waals surface area contributed by atoms with E-state index in [1.54, 1.807) is 0 Å². The fourth-order valence-corrected chi connectivity index (χ4v) is 1.46. The number of rotatable bonds is 4. The minimum Gasteiger partial charge on any atom is -0.351 e. The fraction of sp³-hybridized carbons (Fsp3) is 0.308. The van der Waals surface area contributed by atoms with Gasteiger partial charge < -0.3 is 5.32 Å². The van der Waals surface area contributed by atoms with Crippen molar-refractivity contribution in [2.45, 2.75) is 25.3 Å². The molecule has 0 fully saturated rings. The molecule has 0 bridgehead atoms. The van der Waals surface area contributed by atoms with Gasteiger partial charge in [-0.15, -0.1) is 0 Å². The predicted octanol–water partition coefficient (Wildman–Crippen LogP) is 2.16. The second-order valence-electron chi connectivity index (χ2n) is 3.95. The average molecular weight is 203 g/mol. The molecule has 15 heavy (non-hydrogen) atoms. The van der Waals surface area contributed by atoms with Crippen molar-refractivity contribution in [1.29, 1.82) is 0 Å². The molecule has 1 aromatic rings. The van der Waals surface area contributed by atoms with Gasteiger partial charge in [-0.05, 0) is 32.3 Å². The van der Waals surface area contributed by atoms with Crippen molar-refractivity contribution >= 4 is 5.91 Å². The van der Waals surface area contributed by atoms with E-state index in [1.165, 1.54) is 12.5 Å². The number of hydrogen-bond acceptors (Lipinski definition) is 1. The van der Waals surface area contributed by atoms with E-state index in [4.69, 9.17) is 0 Å². The largest absolute Gasteiger partial charge is 0.351 e. The highest BCUT2D eigenvalue weighted by Gasteiger charge is 2.18. The molecule has 0 saturated carbocycles. The average Bonchev–Trinajstić information content (AvgIpc) is 2.15. The van der Waals surface area contributed by atoms with Crippen LogP contribution in [-0.2, 0) is 11.2 Å². The lowest BCUT2D eigenvalue weighted by molar-refractivity contribution is -0.120. The summed E-state index contributed by atoms with van der Waals surface area (Å²) in [5.74, 6) is -0.0898. The van der Waals surface area contributed by atoms with Crippen molar-refractivity contribution in [3.63, 3.8) is 0 Å². The lowest BCUT2D eigenvalue weighted by Crippen LogP contribution is -2.43. The molecule has 2 radical (unpaired) electrons. The number of carbonyl (C=O) groups is 1. The molecule has 1 aromatic carbocycles. The molecular formula is C13H17NO. The van der Waals surface area contributed by atoms with E-state index in [9.17, 15) is 4.79 Å². The summed E-state index contributed by atoms with van der Waals surface area (Å²) in [5, 5.41) is 2.73. The molecule has 1 rings (SSSR count). The van der Waals surface area contributed by atoms with Gasteiger partial charge in [-0.2, -0.15) is 0 Å². The van der Waals surface area contributed by atoms with Crippen LogP contribution < -0.4 is 5.32 Å². The van der Waals surface area contributed by atoms with E-state index in [0.29, 0.717) is 0 Å². The second-order valence-corrected chi connectivity index (χ2v) is 3.95. The lowest BCUT2D eigenvalue weighted by Gasteiger charge is -2.25. The van der Waals surface area contributed by atoms with E-state index in [2.05, 4.69) is 31.3 Å². The summed E-state index contributed by atoms with van der Waals surface area (Å²) in [4.78, 5) is 10.9. The first-order chi connectivity index (χ1) is 6.99. The SMILES string of the molecule is [CH2]C([CH2])(CCc1ccccc1)NC(C)=O. The van der Waals surface area contributed by atoms with Gasteiger partial charge in [0.1, 0.15) is 0 Å². The van der Waals surface area contributed by atoms with Crippen molar-refractivity contribution in [2.75, 3.05) is 0 Å². The molecule has 0 aromatic heterocycles. The van der Waals surface area contributed by atoms with Gasteiger partial charge in [-0.1, -0.05) is 30.3 Å². The topological polar surface area (TPSA) is 29.1 Å². The Bertz CT molecular complexity index is 317. The standard InChI is InChI=1S/C13H17NO/c1-11(15)14-13(2,3)10-9-12-7-5-4-6-8-12/h4-8H,2-3,9-10H2,1H3,(H,14,15). The number of hydrogen-bond donors (Lipinski definition) is 1. The number of carbonyl (C=O) groups excluding carboxylic acids is 1. The lowest BCUT2D eigenvalue weighted by atomic mass is 9.95. The molecule has 80 valence electrons. The van der Waals surface area contributed by atoms with Gasteiger partial charge in [0.2, 0.25) is 5.91 Å². The Kier molecular flexibility index (Phi) is 3.89. The van der Waals surface area contributed by atoms with Crippen LogP contribution in [0, 0.1) is 13.8 Å². The van der Waals surface area contributed by atoms with Crippen molar-refractivity contribution < 1.29 is 4.79 Å². The number of nitrogens with one attached hydrogen (secondary N) is 1. The molecular weight excluding hydrogens is 186 g/mol. The summed E-state index contributed by atoms with van der Waals surface area (Å²) in [6.07, 6.45) is 1.60. The first kappa shape index (κ1) is 11.8. The molecule has 2 heteroatoms. The Hall–Kier alpha value is -1.31. The maximum atomic E-state index is 10.9. The summed E-state index contributed by atoms with van der Waals surface area (Å²) in [7, 11) is 0. The van der Waals surface area contributed by atoms with Crippen LogP contribution in [0.25, 0.3) is 0 Å². The maximum absolute atomic E-state index is 10.9. The Morgan fingerprint density at radius 3 is 2.47 bits per heavy atom. The number of aryl methyl sites for hydroxylation is 1. The Labute approximate surface area is 91.7 Å². The molecule has 0 atom stereocenters. The molecule has 0 aliphatic rings. The molecule has 0 aliphatic heterocycles. The van der Waals surface area contributed by atoms with Crippen LogP contribution in [0.1, 0.15) is 18.9 Å². The number of amides is 1. The smallest absolute Gasteiger partial charge is 0.217 e. The molecule has 1 amide bonds. The monoisotopic (exact) mass is 203 g/mol. The van der Waals surface area contributed by atoms with Gasteiger partial charge in [-0.3, -0.25) is 4.79 Å². The molecule has 0 saturated heterocycles. The van der Waals surface area contributed by atoms with Crippen LogP contribution in [0.15, 0.2) is 30.3 Å². The quantitative estimate of drug-likeness (QED) is 0.798. The van der Waals surface area contributed by atoms with E-state index in [1.807, 2.05) is 18.2 Å². The molecule has 0 spiro atoms. The molecule has 1 N–H and O–H groups in total. The first-order valence-electron chi connectivity index (χ1n) is 5.03. The Balaban J connectivity index is 2.46. The van der Waals surface area contributed by atoms with Crippen LogP contribution in [0.4, 0.5) is 0 Å². The minimum atomic E-state index is -0.623. The van der Waals surface area contributed by atoms with Crippen LogP contribution in [0.5, 0.6) is 0 Å². The molecule has 0 heterocycles. The van der Waals surface area contributed by atoms with Crippen molar-refractivity contribution in [2.24, 2.45) is 0 Å². The van der Waals surface area contributed by atoms with E-state index in [-0.39, 0.29) is 5.91 Å². The highest BCUT2D eigenvalue weighted by atomic mass is 16.1. The van der Waals surface area contributed by atoms with Gasteiger partial charge in [-0.25, -0.2) is 0 Å². The zero-order valence-electron chi connectivity index (χ0n) is 9.12. The predicted molar refractivity (Wildman–Crippen MR) is 62.0 cm³/mol. The second kappa shape index (κ2) is 4.96. The minimum absolute atomic E-state index is 0.0898. The Morgan fingerprint density at radius 1 is 1.33 bits per heavy atom. The van der Waals surface area contributed by atoms with Gasteiger partial charge in [0.25, 0.3) is 0 Å². The fourth-order valence-electron chi connectivity index (χ4n) is 1.46. The highest BCUT2D eigenvalue weighted by Crippen LogP contribution is 2.12. The molecule has 2 nitrogen and oxygen atoms in total. The van der Waals surface area contributed by atoms with E-state index in [0.717, 1.165) is 12.8 Å². The summed E-state index contributed by atoms with van der Waals surface area (Å²) in [6, 6.07) is 10.1. The van der Waals surface area contributed by atoms with E-state index < -0.39 is 5.54 Å². The third-order valence-corrected chi connectivity index (χ3v) is 2.18. The van der Waals surface area contributed by atoms with Crippen molar-refractivity contribution in [3.8, 4) is 0 Å². The zero-order chi connectivity index (χ0) is 11.3. The number of benzene rings is 1. The van der Waals surface area contributed by atoms with Crippen LogP contribution in [-0.4, -0.2) is 11.4 Å². The normalized spacial score (nSPS) is 11.1. The van der Waals surface area contributed by atoms with Crippen molar-refractivity contribution in [1.82, 2.24) is 5.32 Å². The Morgan fingerprint density at radius 2 is 1.93 bits per heavy atom. The van der Waals surface area contributed by atoms with Gasteiger partial charge in [0.05, 0.1) is 0 Å².